The van der Waals surface area contributed by atoms with Gasteiger partial charge in [0.05, 0.1) is 0 Å². The van der Waals surface area contributed by atoms with Crippen LogP contribution >= 0.6 is 11.6 Å². The van der Waals surface area contributed by atoms with Crippen LogP contribution in [0.15, 0.2) is 12.3 Å². The minimum Gasteiger partial charge on any atom is -0.289 e. The van der Waals surface area contributed by atoms with Gasteiger partial charge < -0.3 is 0 Å². The third kappa shape index (κ3) is 2.04. The van der Waals surface area contributed by atoms with Crippen LogP contribution in [0.1, 0.15) is 5.56 Å². The number of aldehydes is 1. The van der Waals surface area contributed by atoms with Gasteiger partial charge in [0, 0.05) is 11.8 Å². The number of nitrogens with zero attached hydrogens (tertiary/aromatic N) is 1. The molecule has 1 aromatic rings. The Morgan fingerprint density at radius 3 is 3.00 bits per heavy atom. The highest BCUT2D eigenvalue weighted by Gasteiger charge is 1.99. The minimum absolute atomic E-state index is 0.202. The fourth-order valence-electron chi connectivity index (χ4n) is 0.602. The standard InChI is InChI=1S/C8H3ClFNO/c9-8-7(10)4-6(5-11-8)2-1-3-12/h3-5H. The van der Waals surface area contributed by atoms with Crippen molar-refractivity contribution in [3.8, 4) is 11.8 Å². The van der Waals surface area contributed by atoms with E-state index < -0.39 is 5.82 Å². The van der Waals surface area contributed by atoms with Crippen molar-refractivity contribution < 1.29 is 9.18 Å². The highest BCUT2D eigenvalue weighted by molar-refractivity contribution is 6.29. The lowest BCUT2D eigenvalue weighted by Gasteiger charge is -1.91. The summed E-state index contributed by atoms with van der Waals surface area (Å²) >= 11 is 5.31. The summed E-state index contributed by atoms with van der Waals surface area (Å²) in [6.45, 7) is 0. The summed E-state index contributed by atoms with van der Waals surface area (Å²) in [7, 11) is 0. The van der Waals surface area contributed by atoms with Gasteiger partial charge in [0.15, 0.2) is 17.3 Å². The largest absolute Gasteiger partial charge is 0.289 e. The number of pyridine rings is 1. The monoisotopic (exact) mass is 183 g/mol. The van der Waals surface area contributed by atoms with Gasteiger partial charge in [-0.15, -0.1) is 0 Å². The van der Waals surface area contributed by atoms with E-state index in [9.17, 15) is 9.18 Å². The molecule has 1 rings (SSSR count). The van der Waals surface area contributed by atoms with Crippen molar-refractivity contribution in [3.63, 3.8) is 0 Å². The van der Waals surface area contributed by atoms with Crippen molar-refractivity contribution in [1.29, 1.82) is 0 Å². The number of rotatable bonds is 0. The second kappa shape index (κ2) is 3.84. The summed E-state index contributed by atoms with van der Waals surface area (Å²) in [4.78, 5) is 13.3. The summed E-state index contributed by atoms with van der Waals surface area (Å²) in [6, 6.07) is 1.12. The molecule has 1 aromatic heterocycles. The smallest absolute Gasteiger partial charge is 0.193 e. The number of halogens is 2. The summed E-state index contributed by atoms with van der Waals surface area (Å²) in [6.07, 6.45) is 1.72. The Kier molecular flexibility index (Phi) is 2.78. The van der Waals surface area contributed by atoms with Gasteiger partial charge in [-0.25, -0.2) is 9.37 Å². The molecule has 0 unspecified atom stereocenters. The Balaban J connectivity index is 3.04. The molecule has 1 heterocycles. The van der Waals surface area contributed by atoms with Gasteiger partial charge in [-0.1, -0.05) is 17.5 Å². The summed E-state index contributed by atoms with van der Waals surface area (Å²) < 4.78 is 12.7. The van der Waals surface area contributed by atoms with Gasteiger partial charge in [0.2, 0.25) is 0 Å². The molecule has 0 saturated heterocycles. The summed E-state index contributed by atoms with van der Waals surface area (Å²) in [5, 5.41) is -0.202. The number of carbonyl (C=O) groups is 1. The quantitative estimate of drug-likeness (QED) is 0.346. The predicted molar refractivity (Wildman–Crippen MR) is 42.1 cm³/mol. The van der Waals surface area contributed by atoms with Crippen molar-refractivity contribution in [1.82, 2.24) is 4.98 Å². The zero-order valence-electron chi connectivity index (χ0n) is 5.84. The first kappa shape index (κ1) is 8.69. The molecule has 0 spiro atoms. The maximum absolute atomic E-state index is 12.7. The Labute approximate surface area is 73.4 Å². The Bertz CT molecular complexity index is 367. The van der Waals surface area contributed by atoms with Gasteiger partial charge >= 0.3 is 0 Å². The van der Waals surface area contributed by atoms with Gasteiger partial charge in [-0.3, -0.25) is 4.79 Å². The second-order valence-corrected chi connectivity index (χ2v) is 2.24. The molecule has 0 aliphatic heterocycles. The van der Waals surface area contributed by atoms with Crippen molar-refractivity contribution in [2.75, 3.05) is 0 Å². The average Bonchev–Trinajstić information content (AvgIpc) is 2.07. The van der Waals surface area contributed by atoms with Crippen LogP contribution in [-0.4, -0.2) is 11.3 Å². The molecule has 0 aromatic carbocycles. The normalized spacial score (nSPS) is 8.50. The van der Waals surface area contributed by atoms with Crippen LogP contribution in [0.5, 0.6) is 0 Å². The van der Waals surface area contributed by atoms with E-state index in [0.717, 1.165) is 6.07 Å². The number of carbonyl (C=O) groups excluding carboxylic acids is 1. The average molecular weight is 184 g/mol. The first-order valence-electron chi connectivity index (χ1n) is 3.00. The lowest BCUT2D eigenvalue weighted by atomic mass is 10.3. The van der Waals surface area contributed by atoms with Gasteiger partial charge in [-0.2, -0.15) is 0 Å². The molecule has 4 heteroatoms. The van der Waals surface area contributed by atoms with E-state index in [1.807, 2.05) is 0 Å². The van der Waals surface area contributed by atoms with Crippen LogP contribution in [0.3, 0.4) is 0 Å². The first-order valence-corrected chi connectivity index (χ1v) is 3.38. The minimum atomic E-state index is -0.644. The highest BCUT2D eigenvalue weighted by atomic mass is 35.5. The van der Waals surface area contributed by atoms with Crippen LogP contribution < -0.4 is 0 Å². The molecule has 0 atom stereocenters. The second-order valence-electron chi connectivity index (χ2n) is 1.88. The zero-order chi connectivity index (χ0) is 8.97. The molecule has 2 nitrogen and oxygen atoms in total. The lowest BCUT2D eigenvalue weighted by molar-refractivity contribution is -0.103. The van der Waals surface area contributed by atoms with Crippen LogP contribution in [0.4, 0.5) is 4.39 Å². The predicted octanol–water partition coefficient (Wildman–Crippen LogP) is 1.42. The third-order valence-corrected chi connectivity index (χ3v) is 1.35. The molecule has 0 bridgehead atoms. The van der Waals surface area contributed by atoms with Crippen molar-refractivity contribution >= 4 is 17.9 Å². The molecule has 0 aliphatic rings. The van der Waals surface area contributed by atoms with E-state index in [-0.39, 0.29) is 5.15 Å². The Morgan fingerprint density at radius 2 is 2.42 bits per heavy atom. The lowest BCUT2D eigenvalue weighted by Crippen LogP contribution is -1.84. The van der Waals surface area contributed by atoms with E-state index in [0.29, 0.717) is 11.8 Å². The topological polar surface area (TPSA) is 30.0 Å². The van der Waals surface area contributed by atoms with Crippen molar-refractivity contribution in [2.45, 2.75) is 0 Å². The van der Waals surface area contributed by atoms with Crippen LogP contribution in [0.2, 0.25) is 5.15 Å². The molecular weight excluding hydrogens is 181 g/mol. The summed E-state index contributed by atoms with van der Waals surface area (Å²) in [5.74, 6) is 3.87. The maximum Gasteiger partial charge on any atom is 0.193 e. The molecule has 0 amide bonds. The molecule has 0 radical (unpaired) electrons. The van der Waals surface area contributed by atoms with Crippen LogP contribution in [0.25, 0.3) is 0 Å². The van der Waals surface area contributed by atoms with E-state index in [1.54, 1.807) is 0 Å². The van der Waals surface area contributed by atoms with Gasteiger partial charge in [-0.05, 0) is 12.0 Å². The Morgan fingerprint density at radius 1 is 1.67 bits per heavy atom. The van der Waals surface area contributed by atoms with Crippen LogP contribution in [-0.2, 0) is 4.79 Å². The van der Waals surface area contributed by atoms with Crippen molar-refractivity contribution in [3.05, 3.63) is 28.8 Å². The van der Waals surface area contributed by atoms with E-state index >= 15 is 0 Å². The third-order valence-electron chi connectivity index (χ3n) is 1.07. The van der Waals surface area contributed by atoms with E-state index in [1.165, 1.54) is 6.20 Å². The number of hydrogen-bond acceptors (Lipinski definition) is 2. The Hall–Kier alpha value is -1.40. The molecule has 12 heavy (non-hydrogen) atoms. The van der Waals surface area contributed by atoms with Gasteiger partial charge in [0.25, 0.3) is 0 Å². The molecule has 0 aliphatic carbocycles. The molecule has 0 saturated carbocycles. The fraction of sp³-hybridized carbons (Fsp3) is 0. The highest BCUT2D eigenvalue weighted by Crippen LogP contribution is 2.10. The molecule has 0 N–H and O–H groups in total. The zero-order valence-corrected chi connectivity index (χ0v) is 6.60. The first-order chi connectivity index (χ1) is 5.74. The SMILES string of the molecule is O=CC#Cc1cnc(Cl)c(F)c1. The molecule has 60 valence electrons. The van der Waals surface area contributed by atoms with E-state index in [2.05, 4.69) is 16.8 Å². The fourth-order valence-corrected chi connectivity index (χ4v) is 0.706. The van der Waals surface area contributed by atoms with Gasteiger partial charge in [0.1, 0.15) is 0 Å². The van der Waals surface area contributed by atoms with Crippen molar-refractivity contribution in [2.24, 2.45) is 0 Å². The van der Waals surface area contributed by atoms with Crippen LogP contribution in [0, 0.1) is 17.7 Å². The molecule has 0 fully saturated rings. The molecular formula is C8H3ClFNO. The number of aromatic nitrogens is 1. The summed E-state index contributed by atoms with van der Waals surface area (Å²) in [5.41, 5.74) is 0.323. The van der Waals surface area contributed by atoms with E-state index in [4.69, 9.17) is 11.6 Å². The number of hydrogen-bond donors (Lipinski definition) is 0. The maximum atomic E-state index is 12.7.